The molecular formula is C3H8NO5P. The van der Waals surface area contributed by atoms with Gasteiger partial charge in [0.1, 0.15) is 6.04 Å². The zero-order chi connectivity index (χ0) is 8.36. The first kappa shape index (κ1) is 9.58. The van der Waals surface area contributed by atoms with E-state index in [1.165, 1.54) is 0 Å². The number of aliphatic carboxylic acids is 1. The Labute approximate surface area is 57.1 Å². The summed E-state index contributed by atoms with van der Waals surface area (Å²) >= 11 is 0. The molecule has 0 aromatic carbocycles. The van der Waals surface area contributed by atoms with Crippen molar-refractivity contribution in [1.29, 1.82) is 0 Å². The highest BCUT2D eigenvalue weighted by Gasteiger charge is 2.20. The van der Waals surface area contributed by atoms with E-state index in [2.05, 4.69) is 0 Å². The van der Waals surface area contributed by atoms with E-state index in [1.807, 2.05) is 0 Å². The Kier molecular flexibility index (Phi) is 2.98. The van der Waals surface area contributed by atoms with Gasteiger partial charge in [-0.3, -0.25) is 4.79 Å². The lowest BCUT2D eigenvalue weighted by molar-refractivity contribution is -0.138. The minimum Gasteiger partial charge on any atom is -0.480 e. The van der Waals surface area contributed by atoms with Crippen molar-refractivity contribution in [2.75, 3.05) is 0 Å². The summed E-state index contributed by atoms with van der Waals surface area (Å²) in [6.45, 7) is 1.14. The number of carbonyl (C=O) groups is 1. The van der Waals surface area contributed by atoms with Crippen molar-refractivity contribution in [3.8, 4) is 0 Å². The summed E-state index contributed by atoms with van der Waals surface area (Å²) in [5, 5.41) is 9.73. The Balaban J connectivity index is 3.93. The zero-order valence-corrected chi connectivity index (χ0v) is 6.08. The zero-order valence-electron chi connectivity index (χ0n) is 5.18. The third-order valence-electron chi connectivity index (χ3n) is 0.732. The topological polar surface area (TPSA) is 107 Å². The molecule has 0 aliphatic carbocycles. The molecule has 0 saturated heterocycles. The van der Waals surface area contributed by atoms with Crippen molar-refractivity contribution < 1.29 is 24.3 Å². The van der Waals surface area contributed by atoms with Crippen molar-refractivity contribution in [2.24, 2.45) is 0 Å². The normalized spacial score (nSPS) is 14.7. The first-order valence-electron chi connectivity index (χ1n) is 2.39. The smallest absolute Gasteiger partial charge is 0.401 e. The van der Waals surface area contributed by atoms with Crippen LogP contribution < -0.4 is 5.09 Å². The van der Waals surface area contributed by atoms with Gasteiger partial charge in [0.25, 0.3) is 0 Å². The second kappa shape index (κ2) is 3.12. The van der Waals surface area contributed by atoms with Crippen LogP contribution in [-0.4, -0.2) is 26.9 Å². The predicted octanol–water partition coefficient (Wildman–Crippen LogP) is -0.858. The minimum atomic E-state index is -4.41. The first-order valence-corrected chi connectivity index (χ1v) is 4.00. The van der Waals surface area contributed by atoms with E-state index in [0.29, 0.717) is 0 Å². The number of nitrogens with one attached hydrogen (secondary N) is 1. The Hall–Kier alpha value is -0.420. The minimum absolute atomic E-state index is 1.14. The van der Waals surface area contributed by atoms with Gasteiger partial charge in [-0.25, -0.2) is 9.65 Å². The Morgan fingerprint density at radius 2 is 2.00 bits per heavy atom. The molecule has 0 aliphatic rings. The van der Waals surface area contributed by atoms with Crippen LogP contribution in [0.25, 0.3) is 0 Å². The lowest BCUT2D eigenvalue weighted by Gasteiger charge is -2.08. The number of rotatable bonds is 3. The van der Waals surface area contributed by atoms with Gasteiger partial charge in [-0.05, 0) is 6.92 Å². The Bertz CT molecular complexity index is 174. The second-order valence-electron chi connectivity index (χ2n) is 1.73. The van der Waals surface area contributed by atoms with Crippen molar-refractivity contribution in [2.45, 2.75) is 13.0 Å². The van der Waals surface area contributed by atoms with Gasteiger partial charge in [0.15, 0.2) is 0 Å². The summed E-state index contributed by atoms with van der Waals surface area (Å²) in [6.07, 6.45) is 0. The number of carboxylic acid groups (broad SMARTS) is 1. The average Bonchev–Trinajstić information content (AvgIpc) is 1.60. The summed E-state index contributed by atoms with van der Waals surface area (Å²) in [7, 11) is -4.41. The highest BCUT2D eigenvalue weighted by atomic mass is 31.2. The van der Waals surface area contributed by atoms with Crippen molar-refractivity contribution in [3.05, 3.63) is 0 Å². The molecule has 0 saturated carbocycles. The van der Waals surface area contributed by atoms with Crippen LogP contribution in [0.5, 0.6) is 0 Å². The highest BCUT2D eigenvalue weighted by Crippen LogP contribution is 2.28. The lowest BCUT2D eigenvalue weighted by Crippen LogP contribution is -2.30. The molecule has 0 spiro atoms. The fourth-order valence-electron chi connectivity index (χ4n) is 0.307. The Morgan fingerprint density at radius 1 is 1.60 bits per heavy atom. The van der Waals surface area contributed by atoms with E-state index >= 15 is 0 Å². The maximum Gasteiger partial charge on any atom is 0.401 e. The molecule has 0 heterocycles. The van der Waals surface area contributed by atoms with Crippen LogP contribution in [0.4, 0.5) is 0 Å². The molecule has 4 N–H and O–H groups in total. The van der Waals surface area contributed by atoms with Gasteiger partial charge in [0, 0.05) is 0 Å². The fraction of sp³-hybridized carbons (Fsp3) is 0.667. The van der Waals surface area contributed by atoms with E-state index < -0.39 is 19.8 Å². The first-order chi connectivity index (χ1) is 4.33. The van der Waals surface area contributed by atoms with E-state index in [0.717, 1.165) is 6.92 Å². The maximum absolute atomic E-state index is 10.1. The van der Waals surface area contributed by atoms with Crippen LogP contribution in [0.3, 0.4) is 0 Å². The molecule has 0 rings (SSSR count). The van der Waals surface area contributed by atoms with Gasteiger partial charge in [0.2, 0.25) is 0 Å². The SMILES string of the molecule is CC(NP(=O)(O)O)C(=O)O. The molecule has 0 radical (unpaired) electrons. The van der Waals surface area contributed by atoms with Gasteiger partial charge in [-0.2, -0.15) is 0 Å². The van der Waals surface area contributed by atoms with E-state index in [-0.39, 0.29) is 0 Å². The van der Waals surface area contributed by atoms with Gasteiger partial charge in [-0.1, -0.05) is 0 Å². The van der Waals surface area contributed by atoms with Crippen molar-refractivity contribution in [3.63, 3.8) is 0 Å². The maximum atomic E-state index is 10.1. The van der Waals surface area contributed by atoms with Crippen LogP contribution in [0.1, 0.15) is 6.92 Å². The third kappa shape index (κ3) is 4.46. The molecule has 1 atom stereocenters. The molecule has 10 heavy (non-hydrogen) atoms. The average molecular weight is 169 g/mol. The van der Waals surface area contributed by atoms with Gasteiger partial charge in [-0.15, -0.1) is 0 Å². The molecule has 60 valence electrons. The summed E-state index contributed by atoms with van der Waals surface area (Å²) in [5.74, 6) is -1.30. The fourth-order valence-corrected chi connectivity index (χ4v) is 0.922. The molecule has 0 aromatic heterocycles. The second-order valence-corrected chi connectivity index (χ2v) is 3.08. The van der Waals surface area contributed by atoms with Gasteiger partial charge in [0.05, 0.1) is 0 Å². The van der Waals surface area contributed by atoms with Crippen LogP contribution >= 0.6 is 7.75 Å². The summed E-state index contributed by atoms with van der Waals surface area (Å²) in [6, 6.07) is -1.24. The van der Waals surface area contributed by atoms with Gasteiger partial charge < -0.3 is 14.9 Å². The molecule has 0 aliphatic heterocycles. The highest BCUT2D eigenvalue weighted by molar-refractivity contribution is 7.49. The van der Waals surface area contributed by atoms with Crippen molar-refractivity contribution >= 4 is 13.7 Å². The molecule has 0 bridgehead atoms. The summed E-state index contributed by atoms with van der Waals surface area (Å²) < 4.78 is 10.1. The summed E-state index contributed by atoms with van der Waals surface area (Å²) in [5.41, 5.74) is 0. The predicted molar refractivity (Wildman–Crippen MR) is 32.3 cm³/mol. The van der Waals surface area contributed by atoms with E-state index in [4.69, 9.17) is 14.9 Å². The molecule has 6 nitrogen and oxygen atoms in total. The quantitative estimate of drug-likeness (QED) is 0.409. The standard InChI is InChI=1S/C3H8NO5P/c1-2(3(5)6)4-10(7,8)9/h2H,1H3,(H,5,6)(H3,4,7,8,9). The molecule has 0 fully saturated rings. The third-order valence-corrected chi connectivity index (χ3v) is 1.46. The van der Waals surface area contributed by atoms with Crippen LogP contribution in [0.15, 0.2) is 0 Å². The summed E-state index contributed by atoms with van der Waals surface area (Å²) in [4.78, 5) is 26.3. The number of hydrogen-bond donors (Lipinski definition) is 4. The van der Waals surface area contributed by atoms with Crippen molar-refractivity contribution in [1.82, 2.24) is 5.09 Å². The van der Waals surface area contributed by atoms with Crippen LogP contribution in [-0.2, 0) is 9.36 Å². The van der Waals surface area contributed by atoms with Gasteiger partial charge >= 0.3 is 13.7 Å². The van der Waals surface area contributed by atoms with E-state index in [9.17, 15) is 9.36 Å². The monoisotopic (exact) mass is 169 g/mol. The molecular weight excluding hydrogens is 161 g/mol. The molecule has 7 heteroatoms. The van der Waals surface area contributed by atoms with E-state index in [1.54, 1.807) is 5.09 Å². The molecule has 0 aromatic rings. The molecule has 0 amide bonds. The number of hydrogen-bond acceptors (Lipinski definition) is 2. The molecule has 1 unspecified atom stereocenters. The Morgan fingerprint density at radius 3 is 2.10 bits per heavy atom. The largest absolute Gasteiger partial charge is 0.480 e. The van der Waals surface area contributed by atoms with Crippen LogP contribution in [0, 0.1) is 0 Å². The number of carboxylic acids is 1. The lowest BCUT2D eigenvalue weighted by atomic mass is 10.4. The van der Waals surface area contributed by atoms with Crippen LogP contribution in [0.2, 0.25) is 0 Å².